The number of aliphatic imine (C=N–C) groups is 1. The molecule has 0 aliphatic carbocycles. The first-order valence-corrected chi connectivity index (χ1v) is 7.99. The predicted molar refractivity (Wildman–Crippen MR) is 93.9 cm³/mol. The third kappa shape index (κ3) is 4.04. The molecule has 0 saturated heterocycles. The van der Waals surface area contributed by atoms with Gasteiger partial charge >= 0.3 is 0 Å². The Bertz CT molecular complexity index is 763. The molecule has 124 valence electrons. The molecule has 6 nitrogen and oxygen atoms in total. The van der Waals surface area contributed by atoms with Crippen molar-refractivity contribution in [2.75, 3.05) is 6.54 Å². The lowest BCUT2D eigenvalue weighted by Gasteiger charge is -2.11. The molecule has 6 heteroatoms. The molecule has 0 atom stereocenters. The monoisotopic (exact) mass is 323 g/mol. The molecule has 0 bridgehead atoms. The second kappa shape index (κ2) is 8.01. The molecular weight excluding hydrogens is 302 g/mol. The minimum absolute atomic E-state index is 0.559. The van der Waals surface area contributed by atoms with Crippen LogP contribution in [0.5, 0.6) is 0 Å². The van der Waals surface area contributed by atoms with Gasteiger partial charge in [0.15, 0.2) is 5.96 Å². The molecule has 3 rings (SSSR count). The quantitative estimate of drug-likeness (QED) is 0.541. The number of hydrogen-bond donors (Lipinski definition) is 2. The molecule has 0 aliphatic heterocycles. The highest BCUT2D eigenvalue weighted by molar-refractivity contribution is 5.79. The summed E-state index contributed by atoms with van der Waals surface area (Å²) >= 11 is 0. The number of nitrogens with zero attached hydrogens (tertiary/aromatic N) is 3. The molecule has 24 heavy (non-hydrogen) atoms. The highest BCUT2D eigenvalue weighted by Crippen LogP contribution is 2.14. The van der Waals surface area contributed by atoms with Crippen LogP contribution in [0.25, 0.3) is 5.69 Å². The first-order valence-electron chi connectivity index (χ1n) is 7.99. The van der Waals surface area contributed by atoms with E-state index in [4.69, 9.17) is 4.42 Å². The minimum Gasteiger partial charge on any atom is -0.467 e. The van der Waals surface area contributed by atoms with Gasteiger partial charge in [-0.1, -0.05) is 18.2 Å². The molecule has 0 spiro atoms. The zero-order valence-electron chi connectivity index (χ0n) is 13.6. The first-order chi connectivity index (χ1) is 11.9. The normalized spacial score (nSPS) is 11.5. The van der Waals surface area contributed by atoms with Gasteiger partial charge in [0.25, 0.3) is 0 Å². The summed E-state index contributed by atoms with van der Waals surface area (Å²) in [5.74, 6) is 1.63. The summed E-state index contributed by atoms with van der Waals surface area (Å²) in [6, 6.07) is 13.9. The topological polar surface area (TPSA) is 67.4 Å². The van der Waals surface area contributed by atoms with Crippen molar-refractivity contribution in [1.82, 2.24) is 20.4 Å². The first kappa shape index (κ1) is 15.9. The van der Waals surface area contributed by atoms with Crippen molar-refractivity contribution >= 4 is 5.96 Å². The van der Waals surface area contributed by atoms with Gasteiger partial charge in [-0.25, -0.2) is 9.67 Å². The maximum atomic E-state index is 5.34. The molecule has 0 unspecified atom stereocenters. The number of hydrogen-bond acceptors (Lipinski definition) is 3. The Hall–Kier alpha value is -3.02. The van der Waals surface area contributed by atoms with Crippen LogP contribution < -0.4 is 10.6 Å². The lowest BCUT2D eigenvalue weighted by atomic mass is 10.2. The molecule has 2 N–H and O–H groups in total. The highest BCUT2D eigenvalue weighted by atomic mass is 16.3. The Balaban J connectivity index is 1.72. The van der Waals surface area contributed by atoms with Gasteiger partial charge in [0.2, 0.25) is 0 Å². The van der Waals surface area contributed by atoms with Crippen molar-refractivity contribution in [2.45, 2.75) is 20.0 Å². The van der Waals surface area contributed by atoms with Gasteiger partial charge in [-0.3, -0.25) is 0 Å². The minimum atomic E-state index is 0.559. The fourth-order valence-corrected chi connectivity index (χ4v) is 2.37. The maximum absolute atomic E-state index is 5.34. The van der Waals surface area contributed by atoms with Crippen molar-refractivity contribution in [2.24, 2.45) is 4.99 Å². The van der Waals surface area contributed by atoms with E-state index in [0.717, 1.165) is 29.5 Å². The summed E-state index contributed by atoms with van der Waals surface area (Å²) in [7, 11) is 0. The van der Waals surface area contributed by atoms with Gasteiger partial charge in [0.1, 0.15) is 5.76 Å². The van der Waals surface area contributed by atoms with Gasteiger partial charge in [-0.2, -0.15) is 5.10 Å². The van der Waals surface area contributed by atoms with Crippen LogP contribution in [0.1, 0.15) is 18.2 Å². The van der Waals surface area contributed by atoms with Crippen LogP contribution in [-0.4, -0.2) is 22.3 Å². The van der Waals surface area contributed by atoms with Crippen LogP contribution in [0.4, 0.5) is 0 Å². The summed E-state index contributed by atoms with van der Waals surface area (Å²) < 4.78 is 7.19. The van der Waals surface area contributed by atoms with Gasteiger partial charge < -0.3 is 15.1 Å². The average molecular weight is 323 g/mol. The highest BCUT2D eigenvalue weighted by Gasteiger charge is 2.05. The van der Waals surface area contributed by atoms with Gasteiger partial charge in [0, 0.05) is 18.9 Å². The maximum Gasteiger partial charge on any atom is 0.191 e. The zero-order valence-corrected chi connectivity index (χ0v) is 13.6. The van der Waals surface area contributed by atoms with Gasteiger partial charge in [0.05, 0.1) is 25.0 Å². The molecule has 0 amide bonds. The Morgan fingerprint density at radius 1 is 1.17 bits per heavy atom. The smallest absolute Gasteiger partial charge is 0.191 e. The molecule has 0 saturated carbocycles. The lowest BCUT2D eigenvalue weighted by Crippen LogP contribution is -2.36. The summed E-state index contributed by atoms with van der Waals surface area (Å²) in [6.07, 6.45) is 5.37. The summed E-state index contributed by atoms with van der Waals surface area (Å²) in [6.45, 7) is 4.00. The fraction of sp³-hybridized carbons (Fsp3) is 0.222. The van der Waals surface area contributed by atoms with E-state index in [1.165, 1.54) is 0 Å². The second-order valence-corrected chi connectivity index (χ2v) is 5.21. The van der Waals surface area contributed by atoms with E-state index in [0.29, 0.717) is 13.1 Å². The molecule has 0 radical (unpaired) electrons. The number of guanidine groups is 1. The SMILES string of the molecule is CCNC(=NCc1ccccc1-n1cccn1)NCc1ccco1. The molecule has 2 heterocycles. The molecular formula is C18H21N5O. The van der Waals surface area contributed by atoms with E-state index in [-0.39, 0.29) is 0 Å². The standard InChI is InChI=1S/C18H21N5O/c1-2-19-18(21-14-16-8-5-12-24-16)20-13-15-7-3-4-9-17(15)23-11-6-10-22-23/h3-12H,2,13-14H2,1H3,(H2,19,20,21). The summed E-state index contributed by atoms with van der Waals surface area (Å²) in [5, 5.41) is 10.8. The molecule has 1 aromatic carbocycles. The van der Waals surface area contributed by atoms with Crippen LogP contribution >= 0.6 is 0 Å². The number of furan rings is 1. The average Bonchev–Trinajstić information content (AvgIpc) is 3.31. The Kier molecular flexibility index (Phi) is 5.29. The molecule has 2 aromatic heterocycles. The molecule has 3 aromatic rings. The Morgan fingerprint density at radius 3 is 2.83 bits per heavy atom. The van der Waals surface area contributed by atoms with Crippen LogP contribution in [0.3, 0.4) is 0 Å². The van der Waals surface area contributed by atoms with Crippen LogP contribution in [0.15, 0.2) is 70.5 Å². The zero-order chi connectivity index (χ0) is 16.6. The Labute approximate surface area is 141 Å². The van der Waals surface area contributed by atoms with Crippen LogP contribution in [0.2, 0.25) is 0 Å². The van der Waals surface area contributed by atoms with E-state index in [2.05, 4.69) is 26.8 Å². The number of benzene rings is 1. The van der Waals surface area contributed by atoms with Crippen LogP contribution in [-0.2, 0) is 13.1 Å². The number of nitrogens with one attached hydrogen (secondary N) is 2. The lowest BCUT2D eigenvalue weighted by molar-refractivity contribution is 0.501. The summed E-state index contributed by atoms with van der Waals surface area (Å²) in [4.78, 5) is 4.67. The fourth-order valence-electron chi connectivity index (χ4n) is 2.37. The largest absolute Gasteiger partial charge is 0.467 e. The van der Waals surface area contributed by atoms with Crippen LogP contribution in [0, 0.1) is 0 Å². The summed E-state index contributed by atoms with van der Waals surface area (Å²) in [5.41, 5.74) is 2.14. The van der Waals surface area contributed by atoms with Crippen molar-refractivity contribution in [3.05, 3.63) is 72.4 Å². The van der Waals surface area contributed by atoms with Crippen molar-refractivity contribution in [3.8, 4) is 5.69 Å². The van der Waals surface area contributed by atoms with E-state index >= 15 is 0 Å². The van der Waals surface area contributed by atoms with Crippen molar-refractivity contribution in [1.29, 1.82) is 0 Å². The van der Waals surface area contributed by atoms with Gasteiger partial charge in [-0.05, 0) is 36.8 Å². The van der Waals surface area contributed by atoms with E-state index in [9.17, 15) is 0 Å². The second-order valence-electron chi connectivity index (χ2n) is 5.21. The molecule has 0 aliphatic rings. The number of aromatic nitrogens is 2. The van der Waals surface area contributed by atoms with Crippen molar-refractivity contribution in [3.63, 3.8) is 0 Å². The van der Waals surface area contributed by atoms with E-state index < -0.39 is 0 Å². The third-order valence-corrected chi connectivity index (χ3v) is 3.50. The Morgan fingerprint density at radius 2 is 2.08 bits per heavy atom. The number of rotatable bonds is 6. The van der Waals surface area contributed by atoms with Gasteiger partial charge in [-0.15, -0.1) is 0 Å². The molecule has 0 fully saturated rings. The van der Waals surface area contributed by atoms with E-state index in [1.54, 1.807) is 12.5 Å². The third-order valence-electron chi connectivity index (χ3n) is 3.50. The van der Waals surface area contributed by atoms with E-state index in [1.807, 2.05) is 54.2 Å². The predicted octanol–water partition coefficient (Wildman–Crippen LogP) is 2.72. The number of para-hydroxylation sites is 1. The van der Waals surface area contributed by atoms with Crippen molar-refractivity contribution < 1.29 is 4.42 Å².